The fourth-order valence-electron chi connectivity index (χ4n) is 2.89. The molecule has 0 bridgehead atoms. The standard InChI is InChI=1S/C22H23ClN4O4/c1-4-14(2)24-20(28)19-21(29)26(13-15-6-5-7-18(12-15)31-3)22(30)27(25-19)17-10-8-16(23)9-11-17/h5-12,14H,4,13H2,1-3H3,(H,24,28)/t14-/m0/s1. The molecule has 1 aromatic heterocycles. The van der Waals surface area contributed by atoms with Crippen LogP contribution in [0.3, 0.4) is 0 Å². The Hall–Kier alpha value is -3.39. The predicted octanol–water partition coefficient (Wildman–Crippen LogP) is 2.63. The molecule has 162 valence electrons. The Bertz CT molecular complexity index is 1200. The molecule has 0 aliphatic heterocycles. The summed E-state index contributed by atoms with van der Waals surface area (Å²) in [6, 6.07) is 13.2. The first kappa shape index (κ1) is 22.3. The summed E-state index contributed by atoms with van der Waals surface area (Å²) >= 11 is 5.95. The van der Waals surface area contributed by atoms with Gasteiger partial charge in [0.25, 0.3) is 11.5 Å². The van der Waals surface area contributed by atoms with Crippen molar-refractivity contribution in [3.05, 3.63) is 85.6 Å². The van der Waals surface area contributed by atoms with Crippen LogP contribution in [0.4, 0.5) is 0 Å². The first-order valence-electron chi connectivity index (χ1n) is 9.78. The molecule has 0 aliphatic carbocycles. The fraction of sp³-hybridized carbons (Fsp3) is 0.273. The number of methoxy groups -OCH3 is 1. The highest BCUT2D eigenvalue weighted by atomic mass is 35.5. The molecule has 0 saturated carbocycles. The maximum atomic E-state index is 13.2. The lowest BCUT2D eigenvalue weighted by molar-refractivity contribution is 0.0929. The molecule has 8 nitrogen and oxygen atoms in total. The van der Waals surface area contributed by atoms with Crippen molar-refractivity contribution in [3.8, 4) is 11.4 Å². The molecule has 0 radical (unpaired) electrons. The second-order valence-corrected chi connectivity index (χ2v) is 7.48. The lowest BCUT2D eigenvalue weighted by Gasteiger charge is -2.14. The van der Waals surface area contributed by atoms with E-state index in [0.717, 1.165) is 9.25 Å². The van der Waals surface area contributed by atoms with Crippen LogP contribution in [0.15, 0.2) is 58.1 Å². The van der Waals surface area contributed by atoms with E-state index < -0.39 is 17.2 Å². The number of aromatic nitrogens is 3. The van der Waals surface area contributed by atoms with E-state index in [1.165, 1.54) is 7.11 Å². The largest absolute Gasteiger partial charge is 0.497 e. The molecule has 3 aromatic rings. The summed E-state index contributed by atoms with van der Waals surface area (Å²) < 4.78 is 7.23. The Labute approximate surface area is 184 Å². The third-order valence-corrected chi connectivity index (χ3v) is 5.06. The number of rotatable bonds is 7. The van der Waals surface area contributed by atoms with Crippen molar-refractivity contribution in [1.82, 2.24) is 19.7 Å². The van der Waals surface area contributed by atoms with Crippen LogP contribution < -0.4 is 21.3 Å². The molecule has 0 aliphatic rings. The molecule has 0 spiro atoms. The van der Waals surface area contributed by atoms with Crippen LogP contribution >= 0.6 is 11.6 Å². The van der Waals surface area contributed by atoms with Crippen molar-refractivity contribution in [1.29, 1.82) is 0 Å². The molecule has 1 amide bonds. The summed E-state index contributed by atoms with van der Waals surface area (Å²) in [5.74, 6) is -0.0474. The highest BCUT2D eigenvalue weighted by Crippen LogP contribution is 2.14. The zero-order valence-electron chi connectivity index (χ0n) is 17.5. The molecule has 2 aromatic carbocycles. The molecule has 1 N–H and O–H groups in total. The topological polar surface area (TPSA) is 95.2 Å². The van der Waals surface area contributed by atoms with Gasteiger partial charge in [0.05, 0.1) is 19.3 Å². The van der Waals surface area contributed by atoms with E-state index in [0.29, 0.717) is 28.4 Å². The normalized spacial score (nSPS) is 11.7. The number of benzene rings is 2. The van der Waals surface area contributed by atoms with Crippen molar-refractivity contribution < 1.29 is 9.53 Å². The Morgan fingerprint density at radius 3 is 2.55 bits per heavy atom. The highest BCUT2D eigenvalue weighted by Gasteiger charge is 2.21. The summed E-state index contributed by atoms with van der Waals surface area (Å²) in [5, 5.41) is 7.30. The van der Waals surface area contributed by atoms with Crippen LogP contribution in [-0.2, 0) is 6.54 Å². The van der Waals surface area contributed by atoms with Gasteiger partial charge in [0.1, 0.15) is 5.75 Å². The number of amides is 1. The second-order valence-electron chi connectivity index (χ2n) is 7.04. The molecule has 9 heteroatoms. The zero-order chi connectivity index (χ0) is 22.5. The Morgan fingerprint density at radius 1 is 1.19 bits per heavy atom. The van der Waals surface area contributed by atoms with Crippen LogP contribution in [-0.4, -0.2) is 33.4 Å². The van der Waals surface area contributed by atoms with Gasteiger partial charge in [0.2, 0.25) is 5.69 Å². The van der Waals surface area contributed by atoms with Crippen molar-refractivity contribution in [3.63, 3.8) is 0 Å². The first-order valence-corrected chi connectivity index (χ1v) is 10.2. The number of carbonyl (C=O) groups is 1. The highest BCUT2D eigenvalue weighted by molar-refractivity contribution is 6.30. The van der Waals surface area contributed by atoms with Gasteiger partial charge in [0, 0.05) is 11.1 Å². The van der Waals surface area contributed by atoms with E-state index in [9.17, 15) is 14.4 Å². The molecule has 31 heavy (non-hydrogen) atoms. The summed E-state index contributed by atoms with van der Waals surface area (Å²) in [6.45, 7) is 3.69. The van der Waals surface area contributed by atoms with E-state index in [2.05, 4.69) is 10.4 Å². The molecule has 1 heterocycles. The van der Waals surface area contributed by atoms with E-state index in [1.54, 1.807) is 48.5 Å². The van der Waals surface area contributed by atoms with Gasteiger partial charge in [-0.15, -0.1) is 0 Å². The summed E-state index contributed by atoms with van der Waals surface area (Å²) in [5.41, 5.74) is -0.751. The Morgan fingerprint density at radius 2 is 1.90 bits per heavy atom. The van der Waals surface area contributed by atoms with Gasteiger partial charge < -0.3 is 10.1 Å². The maximum Gasteiger partial charge on any atom is 0.352 e. The molecule has 0 fully saturated rings. The van der Waals surface area contributed by atoms with Crippen molar-refractivity contribution >= 4 is 17.5 Å². The number of carbonyl (C=O) groups excluding carboxylic acids is 1. The molecule has 3 rings (SSSR count). The van der Waals surface area contributed by atoms with Crippen molar-refractivity contribution in [2.45, 2.75) is 32.9 Å². The minimum absolute atomic E-state index is 0.0470. The van der Waals surface area contributed by atoms with Gasteiger partial charge in [-0.2, -0.15) is 9.78 Å². The SMILES string of the molecule is CC[C@H](C)NC(=O)c1nn(-c2ccc(Cl)cc2)c(=O)n(Cc2cccc(OC)c2)c1=O. The van der Waals surface area contributed by atoms with E-state index in [-0.39, 0.29) is 18.3 Å². The van der Waals surface area contributed by atoms with E-state index in [4.69, 9.17) is 16.3 Å². The van der Waals surface area contributed by atoms with Gasteiger partial charge in [-0.25, -0.2) is 4.79 Å². The minimum atomic E-state index is -0.765. The predicted molar refractivity (Wildman–Crippen MR) is 118 cm³/mol. The number of hydrogen-bond donors (Lipinski definition) is 1. The average molecular weight is 443 g/mol. The summed E-state index contributed by atoms with van der Waals surface area (Å²) in [6.07, 6.45) is 0.681. The zero-order valence-corrected chi connectivity index (χ0v) is 18.2. The second kappa shape index (κ2) is 9.61. The summed E-state index contributed by atoms with van der Waals surface area (Å²) in [4.78, 5) is 39.0. The smallest absolute Gasteiger partial charge is 0.352 e. The van der Waals surface area contributed by atoms with Crippen LogP contribution in [0.2, 0.25) is 5.02 Å². The Balaban J connectivity index is 2.17. The summed E-state index contributed by atoms with van der Waals surface area (Å²) in [7, 11) is 1.53. The van der Waals surface area contributed by atoms with E-state index >= 15 is 0 Å². The Kier molecular flexibility index (Phi) is 6.91. The van der Waals surface area contributed by atoms with Gasteiger partial charge in [-0.1, -0.05) is 30.7 Å². The molecular weight excluding hydrogens is 420 g/mol. The molecule has 1 atom stereocenters. The minimum Gasteiger partial charge on any atom is -0.497 e. The number of nitrogens with one attached hydrogen (secondary N) is 1. The third kappa shape index (κ3) is 5.03. The number of nitrogens with zero attached hydrogens (tertiary/aromatic N) is 3. The van der Waals surface area contributed by atoms with Crippen LogP contribution in [0, 0.1) is 0 Å². The third-order valence-electron chi connectivity index (χ3n) is 4.81. The lowest BCUT2D eigenvalue weighted by atomic mass is 10.2. The van der Waals surface area contributed by atoms with Crippen LogP contribution in [0.1, 0.15) is 36.3 Å². The number of hydrogen-bond acceptors (Lipinski definition) is 5. The van der Waals surface area contributed by atoms with Crippen molar-refractivity contribution in [2.75, 3.05) is 7.11 Å². The van der Waals surface area contributed by atoms with Gasteiger partial charge in [0.15, 0.2) is 0 Å². The van der Waals surface area contributed by atoms with Gasteiger partial charge in [-0.05, 0) is 55.3 Å². The van der Waals surface area contributed by atoms with Crippen LogP contribution in [0.25, 0.3) is 5.69 Å². The number of ether oxygens (including phenoxy) is 1. The van der Waals surface area contributed by atoms with Crippen molar-refractivity contribution in [2.24, 2.45) is 0 Å². The monoisotopic (exact) mass is 442 g/mol. The first-order chi connectivity index (χ1) is 14.8. The van der Waals surface area contributed by atoms with Gasteiger partial charge >= 0.3 is 5.69 Å². The molecule has 0 unspecified atom stereocenters. The lowest BCUT2D eigenvalue weighted by Crippen LogP contribution is -2.47. The average Bonchev–Trinajstić information content (AvgIpc) is 2.77. The van der Waals surface area contributed by atoms with Crippen LogP contribution in [0.5, 0.6) is 5.75 Å². The van der Waals surface area contributed by atoms with Gasteiger partial charge in [-0.3, -0.25) is 14.2 Å². The quantitative estimate of drug-likeness (QED) is 0.607. The molecular formula is C22H23ClN4O4. The molecule has 0 saturated heterocycles. The maximum absolute atomic E-state index is 13.2. The van der Waals surface area contributed by atoms with E-state index in [1.807, 2.05) is 13.8 Å². The number of halogens is 1. The fourth-order valence-corrected chi connectivity index (χ4v) is 3.02.